The summed E-state index contributed by atoms with van der Waals surface area (Å²) >= 11 is 0. The van der Waals surface area contributed by atoms with Gasteiger partial charge in [-0.15, -0.1) is 0 Å². The van der Waals surface area contributed by atoms with Crippen LogP contribution in [-0.4, -0.2) is 36.6 Å². The second-order valence-corrected chi connectivity index (χ2v) is 6.10. The molecule has 2 fully saturated rings. The van der Waals surface area contributed by atoms with Crippen LogP contribution in [0.4, 0.5) is 0 Å². The average Bonchev–Trinajstić information content (AvgIpc) is 2.60. The van der Waals surface area contributed by atoms with E-state index in [2.05, 4.69) is 24.1 Å². The third-order valence-electron chi connectivity index (χ3n) is 4.65. The maximum absolute atomic E-state index is 3.73. The third-order valence-corrected chi connectivity index (χ3v) is 4.65. The summed E-state index contributed by atoms with van der Waals surface area (Å²) in [6.45, 7) is 8.51. The van der Waals surface area contributed by atoms with Gasteiger partial charge in [0.1, 0.15) is 0 Å². The Morgan fingerprint density at radius 1 is 1.06 bits per heavy atom. The molecular formula is C15H30N2. The van der Waals surface area contributed by atoms with Crippen LogP contribution in [0.1, 0.15) is 58.8 Å². The molecule has 1 aliphatic carbocycles. The lowest BCUT2D eigenvalue weighted by atomic mass is 9.82. The molecule has 0 aromatic carbocycles. The van der Waals surface area contributed by atoms with Crippen molar-refractivity contribution in [3.05, 3.63) is 0 Å². The van der Waals surface area contributed by atoms with Crippen LogP contribution in [0.3, 0.4) is 0 Å². The molecule has 2 rings (SSSR count). The Bertz CT molecular complexity index is 209. The summed E-state index contributed by atoms with van der Waals surface area (Å²) in [5.74, 6) is 0.929. The lowest BCUT2D eigenvalue weighted by Gasteiger charge is -2.42. The number of likely N-dealkylation sites (N-methyl/N-ethyl adjacent to an activating group) is 1. The van der Waals surface area contributed by atoms with Crippen molar-refractivity contribution in [2.45, 2.75) is 70.9 Å². The van der Waals surface area contributed by atoms with Gasteiger partial charge < -0.3 is 5.32 Å². The van der Waals surface area contributed by atoms with Gasteiger partial charge >= 0.3 is 0 Å². The SMILES string of the molecule is CCNC1CCC(C)CC1N1CCCCCC1. The maximum Gasteiger partial charge on any atom is 0.0251 e. The molecule has 2 nitrogen and oxygen atoms in total. The van der Waals surface area contributed by atoms with E-state index in [-0.39, 0.29) is 0 Å². The molecule has 0 aromatic rings. The van der Waals surface area contributed by atoms with Gasteiger partial charge in [0.25, 0.3) is 0 Å². The van der Waals surface area contributed by atoms with Gasteiger partial charge in [0, 0.05) is 12.1 Å². The van der Waals surface area contributed by atoms with Crippen molar-refractivity contribution in [3.63, 3.8) is 0 Å². The number of hydrogen-bond acceptors (Lipinski definition) is 2. The summed E-state index contributed by atoms with van der Waals surface area (Å²) in [7, 11) is 0. The molecule has 0 bridgehead atoms. The molecule has 0 spiro atoms. The first kappa shape index (κ1) is 13.4. The van der Waals surface area contributed by atoms with Gasteiger partial charge in [-0.3, -0.25) is 4.90 Å². The number of rotatable bonds is 3. The fraction of sp³-hybridized carbons (Fsp3) is 1.00. The van der Waals surface area contributed by atoms with Crippen LogP contribution in [-0.2, 0) is 0 Å². The van der Waals surface area contributed by atoms with Gasteiger partial charge in [-0.1, -0.05) is 26.7 Å². The molecule has 1 heterocycles. The second kappa shape index (κ2) is 6.75. The molecule has 3 unspecified atom stereocenters. The second-order valence-electron chi connectivity index (χ2n) is 6.10. The highest BCUT2D eigenvalue weighted by Gasteiger charge is 2.32. The Morgan fingerprint density at radius 2 is 1.76 bits per heavy atom. The zero-order chi connectivity index (χ0) is 12.1. The van der Waals surface area contributed by atoms with Crippen LogP contribution in [0.15, 0.2) is 0 Å². The van der Waals surface area contributed by atoms with Gasteiger partial charge in [-0.2, -0.15) is 0 Å². The minimum Gasteiger partial charge on any atom is -0.313 e. The lowest BCUT2D eigenvalue weighted by Crippen LogP contribution is -2.53. The molecule has 100 valence electrons. The molecule has 0 aromatic heterocycles. The molecule has 2 aliphatic rings. The summed E-state index contributed by atoms with van der Waals surface area (Å²) < 4.78 is 0. The number of nitrogens with zero attached hydrogens (tertiary/aromatic N) is 1. The molecule has 1 N–H and O–H groups in total. The predicted octanol–water partition coefficient (Wildman–Crippen LogP) is 3.03. The van der Waals surface area contributed by atoms with Crippen molar-refractivity contribution >= 4 is 0 Å². The molecular weight excluding hydrogens is 208 g/mol. The predicted molar refractivity (Wildman–Crippen MR) is 74.3 cm³/mol. The molecule has 1 saturated heterocycles. The van der Waals surface area contributed by atoms with Crippen LogP contribution in [0, 0.1) is 5.92 Å². The first-order valence-corrected chi connectivity index (χ1v) is 7.78. The Labute approximate surface area is 107 Å². The monoisotopic (exact) mass is 238 g/mol. The highest BCUT2D eigenvalue weighted by molar-refractivity contribution is 4.90. The van der Waals surface area contributed by atoms with Gasteiger partial charge in [0.2, 0.25) is 0 Å². The van der Waals surface area contributed by atoms with E-state index in [9.17, 15) is 0 Å². The number of likely N-dealkylation sites (tertiary alicyclic amines) is 1. The van der Waals surface area contributed by atoms with Crippen LogP contribution < -0.4 is 5.32 Å². The summed E-state index contributed by atoms with van der Waals surface area (Å²) in [5, 5.41) is 3.73. The van der Waals surface area contributed by atoms with E-state index in [1.165, 1.54) is 58.0 Å². The topological polar surface area (TPSA) is 15.3 Å². The molecule has 3 atom stereocenters. The Kier molecular flexibility index (Phi) is 5.30. The van der Waals surface area contributed by atoms with Crippen molar-refractivity contribution < 1.29 is 0 Å². The molecule has 2 heteroatoms. The van der Waals surface area contributed by atoms with Crippen molar-refractivity contribution in [1.82, 2.24) is 10.2 Å². The molecule has 0 radical (unpaired) electrons. The highest BCUT2D eigenvalue weighted by Crippen LogP contribution is 2.29. The highest BCUT2D eigenvalue weighted by atomic mass is 15.2. The van der Waals surface area contributed by atoms with Crippen LogP contribution >= 0.6 is 0 Å². The first-order chi connectivity index (χ1) is 8.31. The summed E-state index contributed by atoms with van der Waals surface area (Å²) in [6.07, 6.45) is 9.96. The quantitative estimate of drug-likeness (QED) is 0.813. The van der Waals surface area contributed by atoms with E-state index in [1.54, 1.807) is 0 Å². The van der Waals surface area contributed by atoms with Crippen LogP contribution in [0.25, 0.3) is 0 Å². The summed E-state index contributed by atoms with van der Waals surface area (Å²) in [4.78, 5) is 2.80. The smallest absolute Gasteiger partial charge is 0.0251 e. The molecule has 1 saturated carbocycles. The van der Waals surface area contributed by atoms with Crippen molar-refractivity contribution in [1.29, 1.82) is 0 Å². The van der Waals surface area contributed by atoms with E-state index in [1.807, 2.05) is 0 Å². The third kappa shape index (κ3) is 3.69. The molecule has 0 amide bonds. The zero-order valence-electron chi connectivity index (χ0n) is 11.8. The van der Waals surface area contributed by atoms with E-state index in [0.717, 1.165) is 24.5 Å². The van der Waals surface area contributed by atoms with E-state index in [0.29, 0.717) is 0 Å². The van der Waals surface area contributed by atoms with Gasteiger partial charge in [-0.25, -0.2) is 0 Å². The van der Waals surface area contributed by atoms with Crippen molar-refractivity contribution in [2.24, 2.45) is 5.92 Å². The zero-order valence-corrected chi connectivity index (χ0v) is 11.8. The Morgan fingerprint density at radius 3 is 2.41 bits per heavy atom. The lowest BCUT2D eigenvalue weighted by molar-refractivity contribution is 0.105. The maximum atomic E-state index is 3.73. The normalized spacial score (nSPS) is 36.7. The van der Waals surface area contributed by atoms with Gasteiger partial charge in [0.15, 0.2) is 0 Å². The van der Waals surface area contributed by atoms with Gasteiger partial charge in [0.05, 0.1) is 0 Å². The van der Waals surface area contributed by atoms with E-state index < -0.39 is 0 Å². The molecule has 17 heavy (non-hydrogen) atoms. The van der Waals surface area contributed by atoms with Crippen molar-refractivity contribution in [2.75, 3.05) is 19.6 Å². The fourth-order valence-corrected chi connectivity index (χ4v) is 3.68. The number of nitrogens with one attached hydrogen (secondary N) is 1. The van der Waals surface area contributed by atoms with E-state index in [4.69, 9.17) is 0 Å². The fourth-order valence-electron chi connectivity index (χ4n) is 3.68. The van der Waals surface area contributed by atoms with E-state index >= 15 is 0 Å². The number of hydrogen-bond donors (Lipinski definition) is 1. The van der Waals surface area contributed by atoms with Gasteiger partial charge in [-0.05, 0) is 57.7 Å². The largest absolute Gasteiger partial charge is 0.313 e. The first-order valence-electron chi connectivity index (χ1n) is 7.78. The van der Waals surface area contributed by atoms with Crippen LogP contribution in [0.2, 0.25) is 0 Å². The standard InChI is InChI=1S/C15H30N2/c1-3-16-14-9-8-13(2)12-15(14)17-10-6-4-5-7-11-17/h13-16H,3-12H2,1-2H3. The Hall–Kier alpha value is -0.0800. The molecule has 1 aliphatic heterocycles. The summed E-state index contributed by atoms with van der Waals surface area (Å²) in [6, 6.07) is 1.58. The summed E-state index contributed by atoms with van der Waals surface area (Å²) in [5.41, 5.74) is 0. The Balaban J connectivity index is 1.96. The minimum atomic E-state index is 0.759. The minimum absolute atomic E-state index is 0.759. The average molecular weight is 238 g/mol. The van der Waals surface area contributed by atoms with Crippen LogP contribution in [0.5, 0.6) is 0 Å². The van der Waals surface area contributed by atoms with Crippen molar-refractivity contribution in [3.8, 4) is 0 Å².